The molecule has 0 saturated carbocycles. The number of hydrogen-bond donors (Lipinski definition) is 1. The molecule has 0 heterocycles. The van der Waals surface area contributed by atoms with Crippen LogP contribution in [0.3, 0.4) is 0 Å². The molecule has 0 spiro atoms. The summed E-state index contributed by atoms with van der Waals surface area (Å²) >= 11 is 0. The van der Waals surface area contributed by atoms with Crippen molar-refractivity contribution < 1.29 is 27.7 Å². The molecule has 1 N–H and O–H groups in total. The molecule has 0 aromatic rings. The maximum atomic E-state index is 11.8. The molecule has 1 unspecified atom stereocenters. The van der Waals surface area contributed by atoms with Gasteiger partial charge in [-0.3, -0.25) is 9.05 Å². The Kier molecular flexibility index (Phi) is 21.6. The smallest absolute Gasteiger partial charge is 0.381 e. The Morgan fingerprint density at radius 1 is 0.594 bits per heavy atom. The third kappa shape index (κ3) is 26.3. The van der Waals surface area contributed by atoms with E-state index in [4.69, 9.17) is 13.8 Å². The lowest BCUT2D eigenvalue weighted by molar-refractivity contribution is -0.870. The summed E-state index contributed by atoms with van der Waals surface area (Å²) < 4.78 is 28.3. The van der Waals surface area contributed by atoms with Gasteiger partial charge in [0.05, 0.1) is 27.7 Å². The van der Waals surface area contributed by atoms with E-state index in [1.165, 1.54) is 83.5 Å². The highest BCUT2D eigenvalue weighted by atomic mass is 31.2. The van der Waals surface area contributed by atoms with E-state index < -0.39 is 7.82 Å². The molecule has 0 aromatic carbocycles. The average molecular weight is 481 g/mol. The molecule has 0 aliphatic heterocycles. The van der Waals surface area contributed by atoms with E-state index in [0.717, 1.165) is 32.5 Å². The van der Waals surface area contributed by atoms with Crippen LogP contribution in [-0.4, -0.2) is 63.5 Å². The van der Waals surface area contributed by atoms with E-state index in [1.807, 2.05) is 21.1 Å². The van der Waals surface area contributed by atoms with Gasteiger partial charge < -0.3 is 14.1 Å². The van der Waals surface area contributed by atoms with E-state index in [0.29, 0.717) is 11.0 Å². The summed E-state index contributed by atoms with van der Waals surface area (Å²) in [6, 6.07) is 0. The van der Waals surface area contributed by atoms with Crippen LogP contribution in [0, 0.1) is 0 Å². The van der Waals surface area contributed by atoms with Crippen molar-refractivity contribution in [2.24, 2.45) is 0 Å². The number of ether oxygens (including phenoxy) is 1. The second kappa shape index (κ2) is 21.6. The first kappa shape index (κ1) is 32.0. The average Bonchev–Trinajstić information content (AvgIpc) is 2.71. The summed E-state index contributed by atoms with van der Waals surface area (Å²) in [6.07, 6.45) is 19.9. The highest BCUT2D eigenvalue weighted by Crippen LogP contribution is 2.43. The van der Waals surface area contributed by atoms with Gasteiger partial charge in [-0.05, 0) is 19.3 Å². The normalized spacial score (nSPS) is 14.0. The Morgan fingerprint density at radius 3 is 1.41 bits per heavy atom. The van der Waals surface area contributed by atoms with Crippen LogP contribution in [0.25, 0.3) is 0 Å². The second-order valence-electron chi connectivity index (χ2n) is 10.1. The molecule has 0 rings (SSSR count). The van der Waals surface area contributed by atoms with Crippen molar-refractivity contribution in [1.82, 2.24) is 0 Å². The lowest BCUT2D eigenvalue weighted by atomic mass is 10.1. The predicted molar refractivity (Wildman–Crippen MR) is 135 cm³/mol. The van der Waals surface area contributed by atoms with Crippen LogP contribution in [0.1, 0.15) is 110 Å². The molecule has 32 heavy (non-hydrogen) atoms. The topological polar surface area (TPSA) is 65.0 Å². The van der Waals surface area contributed by atoms with Gasteiger partial charge in [0, 0.05) is 13.2 Å². The number of likely N-dealkylation sites (N-methyl/N-ethyl adjacent to an activating group) is 1. The van der Waals surface area contributed by atoms with Crippen molar-refractivity contribution >= 4 is 7.82 Å². The van der Waals surface area contributed by atoms with Crippen molar-refractivity contribution in [3.05, 3.63) is 0 Å². The van der Waals surface area contributed by atoms with Crippen LogP contribution in [0.2, 0.25) is 0 Å². The third-order valence-electron chi connectivity index (χ3n) is 5.60. The number of rotatable bonds is 25. The molecule has 0 radical (unpaired) electrons. The Labute approximate surface area is 199 Å². The first-order chi connectivity index (χ1) is 15.3. The summed E-state index contributed by atoms with van der Waals surface area (Å²) in [7, 11) is 2.14. The number of nitrogens with zero attached hydrogens (tertiary/aromatic N) is 1. The Bertz CT molecular complexity index is 443. The molecule has 6 nitrogen and oxygen atoms in total. The second-order valence-corrected chi connectivity index (χ2v) is 11.5. The molecule has 0 saturated heterocycles. The fourth-order valence-corrected chi connectivity index (χ4v) is 4.20. The zero-order valence-electron chi connectivity index (χ0n) is 21.8. The van der Waals surface area contributed by atoms with Gasteiger partial charge in [0.1, 0.15) is 13.2 Å². The monoisotopic (exact) mass is 480 g/mol. The van der Waals surface area contributed by atoms with Crippen LogP contribution >= 0.6 is 7.82 Å². The van der Waals surface area contributed by atoms with Gasteiger partial charge >= 0.3 is 7.82 Å². The van der Waals surface area contributed by atoms with Gasteiger partial charge in [-0.1, -0.05) is 90.4 Å². The zero-order valence-corrected chi connectivity index (χ0v) is 22.7. The van der Waals surface area contributed by atoms with Gasteiger partial charge in [0.15, 0.2) is 0 Å². The summed E-state index contributed by atoms with van der Waals surface area (Å²) in [5, 5.41) is 0. The maximum Gasteiger partial charge on any atom is 0.472 e. The van der Waals surface area contributed by atoms with Crippen LogP contribution in [0.4, 0.5) is 0 Å². The largest absolute Gasteiger partial charge is 0.472 e. The van der Waals surface area contributed by atoms with Crippen molar-refractivity contribution in [3.63, 3.8) is 0 Å². The highest BCUT2D eigenvalue weighted by molar-refractivity contribution is 7.47. The van der Waals surface area contributed by atoms with Gasteiger partial charge in [0.25, 0.3) is 0 Å². The highest BCUT2D eigenvalue weighted by Gasteiger charge is 2.21. The Morgan fingerprint density at radius 2 is 0.969 bits per heavy atom. The first-order valence-electron chi connectivity index (χ1n) is 13.3. The number of hydrogen-bond acceptors (Lipinski definition) is 4. The number of quaternary nitrogens is 1. The molecular formula is C25H55NO5P+. The molecular weight excluding hydrogens is 425 g/mol. The summed E-state index contributed by atoms with van der Waals surface area (Å²) in [5.74, 6) is 0. The molecule has 0 fully saturated rings. The van der Waals surface area contributed by atoms with Gasteiger partial charge in [-0.25, -0.2) is 4.57 Å². The minimum absolute atomic E-state index is 0.224. The van der Waals surface area contributed by atoms with E-state index >= 15 is 0 Å². The quantitative estimate of drug-likeness (QED) is 0.0857. The minimum atomic E-state index is -3.89. The third-order valence-corrected chi connectivity index (χ3v) is 6.61. The molecule has 0 aromatic heterocycles. The number of phosphoric acid groups is 1. The van der Waals surface area contributed by atoms with Gasteiger partial charge in [-0.15, -0.1) is 0 Å². The van der Waals surface area contributed by atoms with Crippen molar-refractivity contribution in [2.75, 3.05) is 54.1 Å². The van der Waals surface area contributed by atoms with Gasteiger partial charge in [0.2, 0.25) is 0 Å². The molecule has 0 aliphatic rings. The summed E-state index contributed by atoms with van der Waals surface area (Å²) in [6.45, 7) is 5.28. The molecule has 0 amide bonds. The summed E-state index contributed by atoms with van der Waals surface area (Å²) in [5.41, 5.74) is 0. The number of phosphoric ester groups is 1. The molecule has 194 valence electrons. The number of unbranched alkanes of at least 4 members (excludes halogenated alkanes) is 14. The van der Waals surface area contributed by atoms with E-state index in [2.05, 4.69) is 6.92 Å². The Balaban J connectivity index is 3.24. The molecule has 7 heteroatoms. The van der Waals surface area contributed by atoms with Crippen LogP contribution in [0.5, 0.6) is 0 Å². The van der Waals surface area contributed by atoms with Crippen LogP contribution < -0.4 is 0 Å². The fourth-order valence-electron chi connectivity index (χ4n) is 3.45. The summed E-state index contributed by atoms with van der Waals surface area (Å²) in [4.78, 5) is 9.66. The van der Waals surface area contributed by atoms with Crippen molar-refractivity contribution in [1.29, 1.82) is 0 Å². The van der Waals surface area contributed by atoms with Gasteiger partial charge in [-0.2, -0.15) is 0 Å². The lowest BCUT2D eigenvalue weighted by Crippen LogP contribution is -2.37. The Hall–Kier alpha value is 0.0300. The standard InChI is InChI=1S/C25H54NO5P/c1-5-6-7-8-9-12-15-18-22-29-23-19-16-13-10-11-14-17-20-24-30-32(27,28)31-25-21-26(2,3)4/h5-25H2,1-4H3/p+1. The predicted octanol–water partition coefficient (Wildman–Crippen LogP) is 7.10. The molecule has 0 aliphatic carbocycles. The van der Waals surface area contributed by atoms with Crippen LogP contribution in [-0.2, 0) is 18.3 Å². The van der Waals surface area contributed by atoms with E-state index in [9.17, 15) is 9.46 Å². The maximum absolute atomic E-state index is 11.8. The van der Waals surface area contributed by atoms with Crippen molar-refractivity contribution in [2.45, 2.75) is 110 Å². The molecule has 0 bridgehead atoms. The minimum Gasteiger partial charge on any atom is -0.381 e. The van der Waals surface area contributed by atoms with Crippen LogP contribution in [0.15, 0.2) is 0 Å². The first-order valence-corrected chi connectivity index (χ1v) is 14.8. The molecule has 1 atom stereocenters. The van der Waals surface area contributed by atoms with Crippen molar-refractivity contribution in [3.8, 4) is 0 Å². The van der Waals surface area contributed by atoms with E-state index in [-0.39, 0.29) is 13.2 Å². The zero-order chi connectivity index (χ0) is 24.0. The fraction of sp³-hybridized carbons (Fsp3) is 1.00. The SMILES string of the molecule is CCCCCCCCCCOCCCCCCCCCCOP(=O)(O)OCC[N+](C)(C)C. The lowest BCUT2D eigenvalue weighted by Gasteiger charge is -2.24. The van der Waals surface area contributed by atoms with E-state index in [1.54, 1.807) is 0 Å².